The van der Waals surface area contributed by atoms with Crippen LogP contribution in [0.4, 0.5) is 5.69 Å². The third-order valence-electron chi connectivity index (χ3n) is 4.46. The predicted molar refractivity (Wildman–Crippen MR) is 120 cm³/mol. The van der Waals surface area contributed by atoms with Crippen LogP contribution in [0.2, 0.25) is 0 Å². The first kappa shape index (κ1) is 21.6. The maximum Gasteiger partial charge on any atom is 0.337 e. The largest absolute Gasteiger partial charge is 0.493 e. The average molecular weight is 425 g/mol. The van der Waals surface area contributed by atoms with Gasteiger partial charge >= 0.3 is 5.97 Å². The number of thioether (sulfide) groups is 1. The Morgan fingerprint density at radius 3 is 2.77 bits per heavy atom. The SMILES string of the molecule is CCCCOc1ccccc1C=C1SC(=Nc2cccc(C(=O)OC)c2)N(C)C1=O. The Morgan fingerprint density at radius 1 is 1.20 bits per heavy atom. The molecule has 1 saturated heterocycles. The van der Waals surface area contributed by atoms with Crippen molar-refractivity contribution in [2.75, 3.05) is 20.8 Å². The first-order valence-electron chi connectivity index (χ1n) is 9.70. The van der Waals surface area contributed by atoms with Gasteiger partial charge in [0.05, 0.1) is 29.9 Å². The van der Waals surface area contributed by atoms with Crippen molar-refractivity contribution >= 4 is 40.6 Å². The number of likely N-dealkylation sites (N-methyl/N-ethyl adjacent to an activating group) is 1. The predicted octanol–water partition coefficient (Wildman–Crippen LogP) is 4.89. The van der Waals surface area contributed by atoms with Crippen molar-refractivity contribution in [2.45, 2.75) is 19.8 Å². The number of nitrogens with zero attached hydrogens (tertiary/aromatic N) is 2. The Balaban J connectivity index is 1.85. The molecule has 6 nitrogen and oxygen atoms in total. The Kier molecular flexibility index (Phi) is 7.30. The molecule has 0 unspecified atom stereocenters. The molecule has 0 radical (unpaired) electrons. The fraction of sp³-hybridized carbons (Fsp3) is 0.261. The minimum atomic E-state index is -0.430. The number of ether oxygens (including phenoxy) is 2. The van der Waals surface area contributed by atoms with Crippen molar-refractivity contribution in [1.82, 2.24) is 4.90 Å². The van der Waals surface area contributed by atoms with E-state index in [0.29, 0.717) is 27.9 Å². The number of esters is 1. The summed E-state index contributed by atoms with van der Waals surface area (Å²) in [6.45, 7) is 2.75. The van der Waals surface area contributed by atoms with E-state index in [1.54, 1.807) is 31.3 Å². The highest BCUT2D eigenvalue weighted by molar-refractivity contribution is 8.18. The summed E-state index contributed by atoms with van der Waals surface area (Å²) >= 11 is 1.29. The lowest BCUT2D eigenvalue weighted by atomic mass is 10.2. The van der Waals surface area contributed by atoms with Crippen molar-refractivity contribution in [3.8, 4) is 5.75 Å². The Morgan fingerprint density at radius 2 is 2.00 bits per heavy atom. The van der Waals surface area contributed by atoms with Crippen LogP contribution >= 0.6 is 11.8 Å². The minimum Gasteiger partial charge on any atom is -0.493 e. The Hall–Kier alpha value is -3.06. The quantitative estimate of drug-likeness (QED) is 0.360. The molecule has 0 bridgehead atoms. The monoisotopic (exact) mass is 424 g/mol. The van der Waals surface area contributed by atoms with E-state index in [-0.39, 0.29) is 5.91 Å². The first-order chi connectivity index (χ1) is 14.5. The summed E-state index contributed by atoms with van der Waals surface area (Å²) in [5.74, 6) is 0.192. The van der Waals surface area contributed by atoms with Gasteiger partial charge in [-0.2, -0.15) is 0 Å². The second kappa shape index (κ2) is 10.1. The highest BCUT2D eigenvalue weighted by Gasteiger charge is 2.30. The summed E-state index contributed by atoms with van der Waals surface area (Å²) in [5, 5.41) is 0.539. The molecule has 3 rings (SSSR count). The number of para-hydroxylation sites is 1. The van der Waals surface area contributed by atoms with Crippen LogP contribution in [-0.4, -0.2) is 42.7 Å². The number of aliphatic imine (C=N–C) groups is 1. The van der Waals surface area contributed by atoms with E-state index in [0.717, 1.165) is 24.2 Å². The zero-order valence-corrected chi connectivity index (χ0v) is 18.1. The molecule has 2 aromatic rings. The summed E-state index contributed by atoms with van der Waals surface area (Å²) < 4.78 is 10.6. The van der Waals surface area contributed by atoms with Gasteiger partial charge in [0.25, 0.3) is 5.91 Å². The summed E-state index contributed by atoms with van der Waals surface area (Å²) in [6, 6.07) is 14.5. The molecule has 1 amide bonds. The summed E-state index contributed by atoms with van der Waals surface area (Å²) in [7, 11) is 3.02. The number of methoxy groups -OCH3 is 1. The maximum absolute atomic E-state index is 12.7. The minimum absolute atomic E-state index is 0.133. The van der Waals surface area contributed by atoms with E-state index in [4.69, 9.17) is 9.47 Å². The lowest BCUT2D eigenvalue weighted by molar-refractivity contribution is -0.121. The number of benzene rings is 2. The number of amidine groups is 1. The van der Waals surface area contributed by atoms with Crippen LogP contribution in [0.25, 0.3) is 6.08 Å². The highest BCUT2D eigenvalue weighted by atomic mass is 32.2. The topological polar surface area (TPSA) is 68.2 Å². The Labute approximate surface area is 180 Å². The molecule has 2 aromatic carbocycles. The van der Waals surface area contributed by atoms with Gasteiger partial charge in [0.1, 0.15) is 5.75 Å². The normalized spacial score (nSPS) is 16.4. The zero-order chi connectivity index (χ0) is 21.5. The Bertz CT molecular complexity index is 1000. The van der Waals surface area contributed by atoms with Crippen LogP contribution in [0.15, 0.2) is 58.4 Å². The standard InChI is InChI=1S/C23H24N2O4S/c1-4-5-13-29-19-12-7-6-9-16(19)15-20-21(26)25(2)23(30-20)24-18-11-8-10-17(14-18)22(27)28-3/h6-12,14-15H,4-5,13H2,1-3H3. The number of unbranched alkanes of at least 4 members (excludes halogenated alkanes) is 1. The van der Waals surface area contributed by atoms with E-state index >= 15 is 0 Å². The smallest absolute Gasteiger partial charge is 0.337 e. The van der Waals surface area contributed by atoms with Crippen molar-refractivity contribution in [2.24, 2.45) is 4.99 Å². The molecule has 1 fully saturated rings. The molecule has 30 heavy (non-hydrogen) atoms. The van der Waals surface area contributed by atoms with Crippen LogP contribution in [0.3, 0.4) is 0 Å². The third kappa shape index (κ3) is 5.10. The fourth-order valence-electron chi connectivity index (χ4n) is 2.78. The van der Waals surface area contributed by atoms with Gasteiger partial charge in [-0.15, -0.1) is 0 Å². The van der Waals surface area contributed by atoms with Crippen LogP contribution < -0.4 is 4.74 Å². The lowest BCUT2D eigenvalue weighted by Gasteiger charge is -2.09. The summed E-state index contributed by atoms with van der Waals surface area (Å²) in [6.07, 6.45) is 3.86. The highest BCUT2D eigenvalue weighted by Crippen LogP contribution is 2.34. The van der Waals surface area contributed by atoms with E-state index in [9.17, 15) is 9.59 Å². The summed E-state index contributed by atoms with van der Waals surface area (Å²) in [5.41, 5.74) is 1.83. The van der Waals surface area contributed by atoms with Crippen molar-refractivity contribution in [3.05, 3.63) is 64.6 Å². The number of carbonyl (C=O) groups is 2. The molecule has 7 heteroatoms. The molecule has 1 aliphatic heterocycles. The number of hydrogen-bond acceptors (Lipinski definition) is 6. The lowest BCUT2D eigenvalue weighted by Crippen LogP contribution is -2.23. The van der Waals surface area contributed by atoms with Crippen LogP contribution in [0, 0.1) is 0 Å². The van der Waals surface area contributed by atoms with Crippen LogP contribution in [0.1, 0.15) is 35.7 Å². The first-order valence-corrected chi connectivity index (χ1v) is 10.5. The molecule has 0 aliphatic carbocycles. The molecule has 0 spiro atoms. The van der Waals surface area contributed by atoms with Gasteiger partial charge in [-0.1, -0.05) is 37.6 Å². The van der Waals surface area contributed by atoms with Crippen LogP contribution in [-0.2, 0) is 9.53 Å². The second-order valence-electron chi connectivity index (χ2n) is 6.65. The van der Waals surface area contributed by atoms with Crippen molar-refractivity contribution in [1.29, 1.82) is 0 Å². The van der Waals surface area contributed by atoms with E-state index < -0.39 is 5.97 Å². The molecular formula is C23H24N2O4S. The average Bonchev–Trinajstić information content (AvgIpc) is 3.02. The molecule has 0 saturated carbocycles. The van der Waals surface area contributed by atoms with Gasteiger partial charge in [-0.3, -0.25) is 9.69 Å². The zero-order valence-electron chi connectivity index (χ0n) is 17.3. The fourth-order valence-corrected chi connectivity index (χ4v) is 3.76. The van der Waals surface area contributed by atoms with Gasteiger partial charge in [-0.25, -0.2) is 9.79 Å². The third-order valence-corrected chi connectivity index (χ3v) is 5.52. The van der Waals surface area contributed by atoms with Gasteiger partial charge in [-0.05, 0) is 48.5 Å². The molecule has 1 heterocycles. The van der Waals surface area contributed by atoms with Gasteiger partial charge < -0.3 is 9.47 Å². The van der Waals surface area contributed by atoms with Crippen molar-refractivity contribution in [3.63, 3.8) is 0 Å². The molecule has 1 aliphatic rings. The summed E-state index contributed by atoms with van der Waals surface area (Å²) in [4.78, 5) is 31.1. The van der Waals surface area contributed by atoms with E-state index in [2.05, 4.69) is 11.9 Å². The van der Waals surface area contributed by atoms with E-state index in [1.165, 1.54) is 23.8 Å². The van der Waals surface area contributed by atoms with Gasteiger partial charge in [0.15, 0.2) is 5.17 Å². The molecule has 0 aromatic heterocycles. The molecule has 0 atom stereocenters. The second-order valence-corrected chi connectivity index (χ2v) is 7.66. The van der Waals surface area contributed by atoms with Crippen LogP contribution in [0.5, 0.6) is 5.75 Å². The number of hydrogen-bond donors (Lipinski definition) is 0. The molecule has 156 valence electrons. The number of amides is 1. The maximum atomic E-state index is 12.7. The number of rotatable bonds is 7. The van der Waals surface area contributed by atoms with Crippen molar-refractivity contribution < 1.29 is 19.1 Å². The van der Waals surface area contributed by atoms with Gasteiger partial charge in [0, 0.05) is 12.6 Å². The van der Waals surface area contributed by atoms with Gasteiger partial charge in [0.2, 0.25) is 0 Å². The molecule has 0 N–H and O–H groups in total. The molecular weight excluding hydrogens is 400 g/mol. The van der Waals surface area contributed by atoms with E-state index in [1.807, 2.05) is 30.3 Å². The number of carbonyl (C=O) groups excluding carboxylic acids is 2.